The van der Waals surface area contributed by atoms with Crippen molar-refractivity contribution in [3.05, 3.63) is 81.6 Å². The highest BCUT2D eigenvalue weighted by Crippen LogP contribution is 2.56. The molecule has 11 nitrogen and oxygen atoms in total. The first-order chi connectivity index (χ1) is 19.7. The van der Waals surface area contributed by atoms with Crippen molar-refractivity contribution in [2.24, 2.45) is 17.6 Å². The fraction of sp³-hybridized carbons (Fsp3) is 0.355. The second-order valence-electron chi connectivity index (χ2n) is 11.4. The number of ketones is 3. The first-order valence-electron chi connectivity index (χ1n) is 13.5. The number of nitrogens with zero attached hydrogens (tertiary/aromatic N) is 1. The smallest absolute Gasteiger partial charge is 0.255 e. The monoisotopic (exact) mass is 576 g/mol. The van der Waals surface area contributed by atoms with Gasteiger partial charge in [0.05, 0.1) is 23.6 Å². The maximum atomic E-state index is 14.1. The van der Waals surface area contributed by atoms with E-state index < -0.39 is 75.6 Å². The summed E-state index contributed by atoms with van der Waals surface area (Å²) in [6.45, 7) is 1.66. The fourth-order valence-electron chi connectivity index (χ4n) is 6.88. The summed E-state index contributed by atoms with van der Waals surface area (Å²) >= 11 is 0. The molecule has 1 amide bonds. The molecule has 6 atom stereocenters. The molecular weight excluding hydrogens is 544 g/mol. The first-order valence-corrected chi connectivity index (χ1v) is 13.5. The molecule has 2 aromatic carbocycles. The van der Waals surface area contributed by atoms with Crippen LogP contribution in [0, 0.1) is 11.8 Å². The maximum absolute atomic E-state index is 14.1. The minimum absolute atomic E-state index is 0.0550. The topological polar surface area (TPSA) is 199 Å². The second kappa shape index (κ2) is 10.2. The number of carbonyl (C=O) groups is 4. The Morgan fingerprint density at radius 1 is 1.02 bits per heavy atom. The molecule has 42 heavy (non-hydrogen) atoms. The van der Waals surface area contributed by atoms with Gasteiger partial charge in [0, 0.05) is 23.5 Å². The van der Waals surface area contributed by atoms with E-state index in [1.807, 2.05) is 0 Å². The molecule has 0 aliphatic heterocycles. The molecule has 5 rings (SSSR count). The van der Waals surface area contributed by atoms with Crippen molar-refractivity contribution in [2.75, 3.05) is 14.1 Å². The van der Waals surface area contributed by atoms with Crippen molar-refractivity contribution < 1.29 is 44.7 Å². The van der Waals surface area contributed by atoms with Crippen LogP contribution < -0.4 is 5.73 Å². The summed E-state index contributed by atoms with van der Waals surface area (Å²) in [6, 6.07) is 10.4. The van der Waals surface area contributed by atoms with E-state index in [4.69, 9.17) is 5.73 Å². The van der Waals surface area contributed by atoms with E-state index in [-0.39, 0.29) is 29.9 Å². The average Bonchev–Trinajstić information content (AvgIpc) is 2.94. The molecule has 11 heteroatoms. The second-order valence-corrected chi connectivity index (χ2v) is 11.4. The van der Waals surface area contributed by atoms with E-state index in [0.717, 1.165) is 0 Å². The maximum Gasteiger partial charge on any atom is 0.255 e. The molecular formula is C31H32N2O9. The molecule has 1 saturated carbocycles. The lowest BCUT2D eigenvalue weighted by molar-refractivity contribution is -0.169. The van der Waals surface area contributed by atoms with E-state index >= 15 is 0 Å². The van der Waals surface area contributed by atoms with Gasteiger partial charge in [-0.3, -0.25) is 24.1 Å². The molecule has 2 aromatic rings. The van der Waals surface area contributed by atoms with Gasteiger partial charge in [-0.1, -0.05) is 49.4 Å². The Kier molecular flexibility index (Phi) is 7.08. The number of fused-ring (bicyclic) bond motifs is 3. The lowest BCUT2D eigenvalue weighted by atomic mass is 9.54. The molecule has 7 N–H and O–H groups in total. The number of aryl methyl sites for hydroxylation is 1. The highest BCUT2D eigenvalue weighted by molar-refractivity contribution is 6.24. The van der Waals surface area contributed by atoms with Crippen LogP contribution in [-0.4, -0.2) is 85.5 Å². The Balaban J connectivity index is 1.63. The molecule has 0 radical (unpaired) electrons. The largest absolute Gasteiger partial charge is 0.508 e. The Hall–Kier alpha value is -4.32. The van der Waals surface area contributed by atoms with Crippen LogP contribution in [0.15, 0.2) is 59.4 Å². The number of nitrogens with two attached hydrogens (primary N) is 1. The van der Waals surface area contributed by atoms with Gasteiger partial charge in [0.1, 0.15) is 22.8 Å². The number of hydrogen-bond donors (Lipinski definition) is 6. The number of aliphatic hydroxyl groups excluding tert-OH is 3. The number of aromatic hydroxyl groups is 1. The Labute approximate surface area is 241 Å². The number of hydrogen-bond acceptors (Lipinski definition) is 10. The quantitative estimate of drug-likeness (QED) is 0.215. The molecule has 0 saturated heterocycles. The van der Waals surface area contributed by atoms with Crippen molar-refractivity contribution in [1.82, 2.24) is 4.90 Å². The zero-order valence-corrected chi connectivity index (χ0v) is 23.2. The lowest BCUT2D eigenvalue weighted by Crippen LogP contribution is -2.70. The zero-order valence-electron chi connectivity index (χ0n) is 23.2. The summed E-state index contributed by atoms with van der Waals surface area (Å²) in [7, 11) is 2.90. The van der Waals surface area contributed by atoms with Crippen LogP contribution in [0.5, 0.6) is 5.75 Å². The summed E-state index contributed by atoms with van der Waals surface area (Å²) in [5, 5.41) is 57.1. The molecule has 220 valence electrons. The molecule has 3 aliphatic rings. The van der Waals surface area contributed by atoms with Gasteiger partial charge < -0.3 is 31.3 Å². The van der Waals surface area contributed by atoms with E-state index in [9.17, 15) is 44.7 Å². The highest BCUT2D eigenvalue weighted by atomic mass is 16.4. The van der Waals surface area contributed by atoms with Crippen molar-refractivity contribution >= 4 is 29.0 Å². The number of phenols is 1. The van der Waals surface area contributed by atoms with Crippen LogP contribution >= 0.6 is 0 Å². The summed E-state index contributed by atoms with van der Waals surface area (Å²) in [5.74, 6) is -9.55. The summed E-state index contributed by atoms with van der Waals surface area (Å²) < 4.78 is 0. The number of likely N-dealkylation sites (N-methyl/N-ethyl adjacent to an activating group) is 1. The Morgan fingerprint density at radius 2 is 1.67 bits per heavy atom. The number of benzene rings is 2. The Bertz CT molecular complexity index is 1590. The van der Waals surface area contributed by atoms with E-state index in [1.54, 1.807) is 49.4 Å². The number of aliphatic hydroxyl groups is 4. The van der Waals surface area contributed by atoms with Gasteiger partial charge in [0.25, 0.3) is 5.91 Å². The molecule has 2 unspecified atom stereocenters. The van der Waals surface area contributed by atoms with Crippen LogP contribution in [0.25, 0.3) is 5.76 Å². The van der Waals surface area contributed by atoms with Gasteiger partial charge >= 0.3 is 0 Å². The normalized spacial score (nSPS) is 28.9. The van der Waals surface area contributed by atoms with Crippen LogP contribution in [0.3, 0.4) is 0 Å². The first kappa shape index (κ1) is 29.2. The predicted molar refractivity (Wildman–Crippen MR) is 149 cm³/mol. The van der Waals surface area contributed by atoms with E-state index in [2.05, 4.69) is 0 Å². The van der Waals surface area contributed by atoms with Crippen molar-refractivity contribution in [2.45, 2.75) is 43.4 Å². The summed E-state index contributed by atoms with van der Waals surface area (Å²) in [6.07, 6.45) is -1.49. The standard InChI is InChI=1S/C31H32N2O9/c1-13-16-11-9-15(10-12-17(34)14-7-5-4-6-8-14)24(35)19(16)25(36)20-18(13)26(37)22-23(33(2)3)27(38)21(30(32)41)29(40)31(22,42)28(20)39/h4-9,11,13,18,22-23,26,35-37,40,42H,10,12H2,1-3H3,(H2,32,41)/t13-,18?,22?,23-,26-,31-/m0/s1. The summed E-state index contributed by atoms with van der Waals surface area (Å²) in [4.78, 5) is 53.4. The molecule has 0 heterocycles. The van der Waals surface area contributed by atoms with Crippen molar-refractivity contribution in [1.29, 1.82) is 0 Å². The minimum Gasteiger partial charge on any atom is -0.508 e. The van der Waals surface area contributed by atoms with Crippen molar-refractivity contribution in [3.8, 4) is 5.75 Å². The minimum atomic E-state index is -2.97. The lowest BCUT2D eigenvalue weighted by Gasteiger charge is -2.53. The third-order valence-electron chi connectivity index (χ3n) is 8.93. The number of carbonyl (C=O) groups excluding carboxylic acids is 4. The van der Waals surface area contributed by atoms with E-state index in [0.29, 0.717) is 16.7 Å². The van der Waals surface area contributed by atoms with Crippen LogP contribution in [0.2, 0.25) is 0 Å². The predicted octanol–water partition coefficient (Wildman–Crippen LogP) is 1.31. The van der Waals surface area contributed by atoms with Gasteiger partial charge in [0.15, 0.2) is 17.2 Å². The molecule has 0 aromatic heterocycles. The third kappa shape index (κ3) is 3.99. The van der Waals surface area contributed by atoms with Crippen molar-refractivity contribution in [3.63, 3.8) is 0 Å². The van der Waals surface area contributed by atoms with Crippen LogP contribution in [0.1, 0.15) is 46.3 Å². The number of Topliss-reactive ketones (excluding diaryl/α,β-unsaturated/α-hetero) is 3. The third-order valence-corrected chi connectivity index (χ3v) is 8.93. The van der Waals surface area contributed by atoms with Crippen LogP contribution in [0.4, 0.5) is 0 Å². The number of phenolic OH excluding ortho intramolecular Hbond substituents is 1. The molecule has 0 spiro atoms. The highest BCUT2D eigenvalue weighted by Gasteiger charge is 2.68. The van der Waals surface area contributed by atoms with Gasteiger partial charge in [0.2, 0.25) is 5.78 Å². The Morgan fingerprint density at radius 3 is 2.26 bits per heavy atom. The van der Waals surface area contributed by atoms with Crippen LogP contribution in [-0.2, 0) is 20.8 Å². The number of primary amides is 1. The van der Waals surface area contributed by atoms with Gasteiger partial charge in [-0.2, -0.15) is 0 Å². The van der Waals surface area contributed by atoms with Gasteiger partial charge in [-0.15, -0.1) is 0 Å². The van der Waals surface area contributed by atoms with Gasteiger partial charge in [-0.05, 0) is 37.6 Å². The average molecular weight is 577 g/mol. The number of rotatable bonds is 6. The zero-order chi connectivity index (χ0) is 30.8. The fourth-order valence-corrected chi connectivity index (χ4v) is 6.88. The van der Waals surface area contributed by atoms with Gasteiger partial charge in [-0.25, -0.2) is 0 Å². The molecule has 1 fully saturated rings. The molecule has 3 aliphatic carbocycles. The molecule has 0 bridgehead atoms. The summed E-state index contributed by atoms with van der Waals surface area (Å²) in [5.41, 5.74) is 2.06. The SMILES string of the molecule is C[C@H]1c2ccc(CCC(=O)c3ccccc3)c(O)c2C(O)=C2C(=O)[C@]3(O)C(O)=C(C(N)=O)C(=O)[C@@H](N(C)C)C3[C@@H](O)C21. The van der Waals surface area contributed by atoms with E-state index in [1.165, 1.54) is 19.0 Å². The number of amides is 1.